The predicted molar refractivity (Wildman–Crippen MR) is 82.0 cm³/mol. The maximum Gasteiger partial charge on any atom is 0.121 e. The monoisotopic (exact) mass is 277 g/mol. The molecular formula is C17H27NO2. The van der Waals surface area contributed by atoms with Crippen LogP contribution in [0.4, 0.5) is 0 Å². The molecule has 0 bridgehead atoms. The first-order valence-corrected chi connectivity index (χ1v) is 7.69. The van der Waals surface area contributed by atoms with Crippen molar-refractivity contribution in [3.63, 3.8) is 0 Å². The Morgan fingerprint density at radius 2 is 2.00 bits per heavy atom. The lowest BCUT2D eigenvalue weighted by molar-refractivity contribution is 0.133. The van der Waals surface area contributed by atoms with Crippen LogP contribution >= 0.6 is 0 Å². The average Bonchev–Trinajstić information content (AvgIpc) is 2.48. The van der Waals surface area contributed by atoms with Crippen LogP contribution in [-0.2, 0) is 6.54 Å². The van der Waals surface area contributed by atoms with E-state index in [0.717, 1.165) is 18.8 Å². The molecule has 0 spiro atoms. The first-order chi connectivity index (χ1) is 9.74. The Hall–Kier alpha value is -1.06. The Morgan fingerprint density at radius 1 is 1.25 bits per heavy atom. The molecule has 0 aliphatic heterocycles. The summed E-state index contributed by atoms with van der Waals surface area (Å²) in [6.07, 6.45) is 5.02. The maximum absolute atomic E-state index is 9.43. The smallest absolute Gasteiger partial charge is 0.121 e. The predicted octanol–water partition coefficient (Wildman–Crippen LogP) is 2.89. The molecule has 1 fully saturated rings. The van der Waals surface area contributed by atoms with Gasteiger partial charge in [0.25, 0.3) is 0 Å². The lowest BCUT2D eigenvalue weighted by atomic mass is 9.79. The van der Waals surface area contributed by atoms with E-state index >= 15 is 0 Å². The molecule has 1 aromatic carbocycles. The van der Waals surface area contributed by atoms with Crippen molar-refractivity contribution >= 4 is 0 Å². The minimum absolute atomic E-state index is 0.341. The maximum atomic E-state index is 9.43. The summed E-state index contributed by atoms with van der Waals surface area (Å²) in [5.41, 5.74) is 2.47. The molecule has 1 aromatic rings. The summed E-state index contributed by atoms with van der Waals surface area (Å²) in [6.45, 7) is 4.31. The third-order valence-electron chi connectivity index (χ3n) is 4.50. The Bertz CT molecular complexity index is 419. The van der Waals surface area contributed by atoms with E-state index in [1.807, 2.05) is 6.07 Å². The van der Waals surface area contributed by atoms with Gasteiger partial charge in [0.15, 0.2) is 0 Å². The fourth-order valence-electron chi connectivity index (χ4n) is 3.25. The first kappa shape index (κ1) is 15.3. The normalized spacial score (nSPS) is 22.8. The van der Waals surface area contributed by atoms with Crippen molar-refractivity contribution < 1.29 is 9.84 Å². The van der Waals surface area contributed by atoms with Crippen molar-refractivity contribution in [3.8, 4) is 5.75 Å². The Kier molecular flexibility index (Phi) is 5.86. The molecule has 3 nitrogen and oxygen atoms in total. The van der Waals surface area contributed by atoms with Crippen molar-refractivity contribution in [2.75, 3.05) is 20.3 Å². The summed E-state index contributed by atoms with van der Waals surface area (Å²) >= 11 is 0. The van der Waals surface area contributed by atoms with Crippen molar-refractivity contribution in [3.05, 3.63) is 29.3 Å². The average molecular weight is 277 g/mol. The van der Waals surface area contributed by atoms with Gasteiger partial charge in [0.1, 0.15) is 5.75 Å². The second-order valence-electron chi connectivity index (χ2n) is 5.92. The van der Waals surface area contributed by atoms with Crippen LogP contribution in [0.15, 0.2) is 18.2 Å². The molecule has 1 saturated carbocycles. The van der Waals surface area contributed by atoms with Gasteiger partial charge in [0, 0.05) is 13.2 Å². The number of aliphatic hydroxyl groups is 1. The molecule has 0 heterocycles. The van der Waals surface area contributed by atoms with Crippen molar-refractivity contribution in [1.82, 2.24) is 5.32 Å². The van der Waals surface area contributed by atoms with Gasteiger partial charge in [-0.15, -0.1) is 0 Å². The van der Waals surface area contributed by atoms with Crippen LogP contribution < -0.4 is 10.1 Å². The van der Waals surface area contributed by atoms with Gasteiger partial charge in [0.2, 0.25) is 0 Å². The number of rotatable bonds is 6. The zero-order valence-corrected chi connectivity index (χ0v) is 12.7. The van der Waals surface area contributed by atoms with Crippen molar-refractivity contribution in [2.24, 2.45) is 11.8 Å². The number of methoxy groups -OCH3 is 1. The standard InChI is InChI=1S/C17H27NO2/c1-13-9-14(7-8-17(13)20-2)10-18-11-15-5-3-4-6-16(15)12-19/h7-9,15-16,18-19H,3-6,10-12H2,1-2H3. The molecule has 2 rings (SSSR count). The van der Waals surface area contributed by atoms with E-state index in [0.29, 0.717) is 18.4 Å². The number of nitrogens with one attached hydrogen (secondary N) is 1. The molecule has 2 N–H and O–H groups in total. The summed E-state index contributed by atoms with van der Waals surface area (Å²) in [7, 11) is 1.71. The molecule has 0 saturated heterocycles. The number of hydrogen-bond donors (Lipinski definition) is 2. The summed E-state index contributed by atoms with van der Waals surface area (Å²) in [4.78, 5) is 0. The van der Waals surface area contributed by atoms with Crippen LogP contribution in [0.3, 0.4) is 0 Å². The molecule has 2 atom stereocenters. The number of aliphatic hydroxyl groups excluding tert-OH is 1. The molecule has 112 valence electrons. The Labute approximate surface area is 122 Å². The highest BCUT2D eigenvalue weighted by Gasteiger charge is 2.23. The van der Waals surface area contributed by atoms with Crippen LogP contribution in [0.25, 0.3) is 0 Å². The zero-order chi connectivity index (χ0) is 14.4. The number of hydrogen-bond acceptors (Lipinski definition) is 3. The highest BCUT2D eigenvalue weighted by Crippen LogP contribution is 2.29. The van der Waals surface area contributed by atoms with Gasteiger partial charge in [-0.1, -0.05) is 25.0 Å². The van der Waals surface area contributed by atoms with E-state index in [1.165, 1.54) is 36.8 Å². The number of aryl methyl sites for hydroxylation is 1. The summed E-state index contributed by atoms with van der Waals surface area (Å²) in [5, 5.41) is 13.0. The lowest BCUT2D eigenvalue weighted by Crippen LogP contribution is -2.32. The topological polar surface area (TPSA) is 41.5 Å². The van der Waals surface area contributed by atoms with Crippen LogP contribution in [0.2, 0.25) is 0 Å². The highest BCUT2D eigenvalue weighted by molar-refractivity contribution is 5.36. The first-order valence-electron chi connectivity index (χ1n) is 7.69. The van der Waals surface area contributed by atoms with Crippen LogP contribution in [-0.4, -0.2) is 25.4 Å². The highest BCUT2D eigenvalue weighted by atomic mass is 16.5. The summed E-state index contributed by atoms with van der Waals surface area (Å²) < 4.78 is 5.28. The SMILES string of the molecule is COc1ccc(CNCC2CCCCC2CO)cc1C. The van der Waals surface area contributed by atoms with Gasteiger partial charge in [-0.2, -0.15) is 0 Å². The van der Waals surface area contributed by atoms with Crippen molar-refractivity contribution in [1.29, 1.82) is 0 Å². The molecule has 20 heavy (non-hydrogen) atoms. The van der Waals surface area contributed by atoms with E-state index in [4.69, 9.17) is 4.74 Å². The molecule has 1 aliphatic rings. The molecule has 2 unspecified atom stereocenters. The fourth-order valence-corrected chi connectivity index (χ4v) is 3.25. The second-order valence-corrected chi connectivity index (χ2v) is 5.92. The number of ether oxygens (including phenoxy) is 1. The van der Waals surface area contributed by atoms with Gasteiger partial charge >= 0.3 is 0 Å². The second kappa shape index (κ2) is 7.65. The van der Waals surface area contributed by atoms with E-state index < -0.39 is 0 Å². The van der Waals surface area contributed by atoms with E-state index in [9.17, 15) is 5.11 Å². The third kappa shape index (κ3) is 3.97. The Morgan fingerprint density at radius 3 is 2.65 bits per heavy atom. The summed E-state index contributed by atoms with van der Waals surface area (Å²) in [6, 6.07) is 6.32. The van der Waals surface area contributed by atoms with E-state index in [2.05, 4.69) is 24.4 Å². The Balaban J connectivity index is 1.81. The lowest BCUT2D eigenvalue weighted by Gasteiger charge is -2.30. The zero-order valence-electron chi connectivity index (χ0n) is 12.7. The summed E-state index contributed by atoms with van der Waals surface area (Å²) in [5.74, 6) is 2.07. The van der Waals surface area contributed by atoms with Crippen LogP contribution in [0, 0.1) is 18.8 Å². The van der Waals surface area contributed by atoms with E-state index in [1.54, 1.807) is 7.11 Å². The van der Waals surface area contributed by atoms with E-state index in [-0.39, 0.29) is 0 Å². The van der Waals surface area contributed by atoms with Gasteiger partial charge in [-0.25, -0.2) is 0 Å². The van der Waals surface area contributed by atoms with Gasteiger partial charge in [0.05, 0.1) is 7.11 Å². The molecule has 0 aromatic heterocycles. The quantitative estimate of drug-likeness (QED) is 0.840. The third-order valence-corrected chi connectivity index (χ3v) is 4.50. The molecule has 0 amide bonds. The van der Waals surface area contributed by atoms with Crippen molar-refractivity contribution in [2.45, 2.75) is 39.2 Å². The molecular weight excluding hydrogens is 250 g/mol. The van der Waals surface area contributed by atoms with Crippen LogP contribution in [0.5, 0.6) is 5.75 Å². The molecule has 0 radical (unpaired) electrons. The van der Waals surface area contributed by atoms with Gasteiger partial charge < -0.3 is 15.2 Å². The molecule has 3 heteroatoms. The minimum Gasteiger partial charge on any atom is -0.496 e. The minimum atomic E-state index is 0.341. The van der Waals surface area contributed by atoms with Gasteiger partial charge in [-0.05, 0) is 55.3 Å². The largest absolute Gasteiger partial charge is 0.496 e. The number of benzene rings is 1. The fraction of sp³-hybridized carbons (Fsp3) is 0.647. The molecule has 1 aliphatic carbocycles. The van der Waals surface area contributed by atoms with Crippen LogP contribution in [0.1, 0.15) is 36.8 Å². The van der Waals surface area contributed by atoms with Gasteiger partial charge in [-0.3, -0.25) is 0 Å².